The maximum atomic E-state index is 13.0. The SMILES string of the molecule is O=C(/C=C/c1ccccc1)c1cn(C(c2ccccc2)(c2ccccc2)c2ccccc2)cn1. The molecule has 0 unspecified atom stereocenters. The van der Waals surface area contributed by atoms with Crippen molar-refractivity contribution in [3.63, 3.8) is 0 Å². The van der Waals surface area contributed by atoms with E-state index >= 15 is 0 Å². The summed E-state index contributed by atoms with van der Waals surface area (Å²) in [7, 11) is 0. The van der Waals surface area contributed by atoms with Gasteiger partial charge in [-0.05, 0) is 28.3 Å². The van der Waals surface area contributed by atoms with Gasteiger partial charge in [-0.1, -0.05) is 127 Å². The Morgan fingerprint density at radius 1 is 0.647 bits per heavy atom. The molecule has 5 aromatic rings. The van der Waals surface area contributed by atoms with Gasteiger partial charge in [0.15, 0.2) is 0 Å². The Labute approximate surface area is 199 Å². The molecule has 0 N–H and O–H groups in total. The fraction of sp³-hybridized carbons (Fsp3) is 0.0323. The van der Waals surface area contributed by atoms with E-state index in [9.17, 15) is 4.79 Å². The summed E-state index contributed by atoms with van der Waals surface area (Å²) in [4.78, 5) is 17.5. The molecule has 0 aliphatic heterocycles. The van der Waals surface area contributed by atoms with Gasteiger partial charge in [-0.25, -0.2) is 4.98 Å². The van der Waals surface area contributed by atoms with Crippen molar-refractivity contribution in [2.45, 2.75) is 5.54 Å². The predicted octanol–water partition coefficient (Wildman–Crippen LogP) is 6.62. The number of hydrogen-bond acceptors (Lipinski definition) is 2. The molecule has 0 atom stereocenters. The topological polar surface area (TPSA) is 34.9 Å². The van der Waals surface area contributed by atoms with Crippen molar-refractivity contribution in [2.75, 3.05) is 0 Å². The molecule has 34 heavy (non-hydrogen) atoms. The van der Waals surface area contributed by atoms with Crippen molar-refractivity contribution in [2.24, 2.45) is 0 Å². The Balaban J connectivity index is 1.66. The maximum Gasteiger partial charge on any atom is 0.205 e. The van der Waals surface area contributed by atoms with Crippen LogP contribution in [0.1, 0.15) is 32.7 Å². The zero-order valence-corrected chi connectivity index (χ0v) is 18.7. The zero-order chi connectivity index (χ0) is 23.2. The highest BCUT2D eigenvalue weighted by molar-refractivity contribution is 6.05. The summed E-state index contributed by atoms with van der Waals surface area (Å²) in [6, 6.07) is 40.8. The van der Waals surface area contributed by atoms with Crippen molar-refractivity contribution in [3.05, 3.63) is 168 Å². The van der Waals surface area contributed by atoms with Gasteiger partial charge in [0.2, 0.25) is 5.78 Å². The molecular formula is C31H24N2O. The third-order valence-electron chi connectivity index (χ3n) is 6.02. The fourth-order valence-electron chi connectivity index (χ4n) is 4.44. The van der Waals surface area contributed by atoms with Crippen LogP contribution < -0.4 is 0 Å². The lowest BCUT2D eigenvalue weighted by Gasteiger charge is -2.37. The van der Waals surface area contributed by atoms with E-state index < -0.39 is 5.54 Å². The van der Waals surface area contributed by atoms with Crippen LogP contribution in [-0.4, -0.2) is 15.3 Å². The zero-order valence-electron chi connectivity index (χ0n) is 18.7. The Hall–Kier alpha value is -4.50. The van der Waals surface area contributed by atoms with Crippen molar-refractivity contribution < 1.29 is 4.79 Å². The van der Waals surface area contributed by atoms with Gasteiger partial charge in [0.05, 0.1) is 6.33 Å². The van der Waals surface area contributed by atoms with Crippen molar-refractivity contribution in [3.8, 4) is 0 Å². The van der Waals surface area contributed by atoms with E-state index in [1.165, 1.54) is 0 Å². The first-order valence-electron chi connectivity index (χ1n) is 11.3. The minimum absolute atomic E-state index is 0.134. The summed E-state index contributed by atoms with van der Waals surface area (Å²) in [6.07, 6.45) is 7.01. The molecule has 0 fully saturated rings. The number of rotatable bonds is 7. The van der Waals surface area contributed by atoms with Crippen LogP contribution in [-0.2, 0) is 5.54 Å². The van der Waals surface area contributed by atoms with E-state index in [0.29, 0.717) is 5.69 Å². The number of hydrogen-bond donors (Lipinski definition) is 0. The summed E-state index contributed by atoms with van der Waals surface area (Å²) < 4.78 is 2.05. The number of allylic oxidation sites excluding steroid dienone is 1. The predicted molar refractivity (Wildman–Crippen MR) is 137 cm³/mol. The highest BCUT2D eigenvalue weighted by Crippen LogP contribution is 2.40. The van der Waals surface area contributed by atoms with Crippen LogP contribution >= 0.6 is 0 Å². The van der Waals surface area contributed by atoms with Crippen molar-refractivity contribution in [1.82, 2.24) is 9.55 Å². The number of imidazole rings is 1. The quantitative estimate of drug-likeness (QED) is 0.162. The molecule has 0 aliphatic rings. The molecule has 1 heterocycles. The van der Waals surface area contributed by atoms with E-state index in [1.807, 2.05) is 97.2 Å². The lowest BCUT2D eigenvalue weighted by molar-refractivity contribution is 0.104. The number of aromatic nitrogens is 2. The van der Waals surface area contributed by atoms with Crippen LogP contribution in [0.5, 0.6) is 0 Å². The van der Waals surface area contributed by atoms with E-state index in [1.54, 1.807) is 12.4 Å². The maximum absolute atomic E-state index is 13.0. The lowest BCUT2D eigenvalue weighted by Crippen LogP contribution is -2.37. The van der Waals surface area contributed by atoms with Crippen molar-refractivity contribution >= 4 is 11.9 Å². The van der Waals surface area contributed by atoms with E-state index in [4.69, 9.17) is 0 Å². The number of carbonyl (C=O) groups excluding carboxylic acids is 1. The van der Waals surface area contributed by atoms with Crippen LogP contribution in [0.2, 0.25) is 0 Å². The number of benzene rings is 4. The first kappa shape index (κ1) is 21.4. The second-order valence-electron chi connectivity index (χ2n) is 8.08. The van der Waals surface area contributed by atoms with Gasteiger partial charge in [-0.3, -0.25) is 4.79 Å². The second kappa shape index (κ2) is 9.55. The standard InChI is InChI=1S/C31H24N2O/c34-30(22-21-25-13-5-1-6-14-25)29-23-33(24-32-29)31(26-15-7-2-8-16-26,27-17-9-3-10-18-27)28-19-11-4-12-20-28/h1-24H/b22-21+. The minimum Gasteiger partial charge on any atom is -0.318 e. The van der Waals surface area contributed by atoms with Crippen LogP contribution in [0.15, 0.2) is 140 Å². The number of nitrogens with zero attached hydrogens (tertiary/aromatic N) is 2. The molecule has 3 nitrogen and oxygen atoms in total. The van der Waals surface area contributed by atoms with Gasteiger partial charge in [-0.15, -0.1) is 0 Å². The van der Waals surface area contributed by atoms with Gasteiger partial charge in [0.25, 0.3) is 0 Å². The summed E-state index contributed by atoms with van der Waals surface area (Å²) in [6.45, 7) is 0. The highest BCUT2D eigenvalue weighted by Gasteiger charge is 2.38. The molecule has 1 aromatic heterocycles. The Kier molecular flexibility index (Phi) is 6.00. The summed E-state index contributed by atoms with van der Waals surface area (Å²) in [5, 5.41) is 0. The van der Waals surface area contributed by atoms with Gasteiger partial charge in [0.1, 0.15) is 11.2 Å². The average Bonchev–Trinajstić information content (AvgIpc) is 3.41. The summed E-state index contributed by atoms with van der Waals surface area (Å²) >= 11 is 0. The molecular weight excluding hydrogens is 416 g/mol. The molecule has 0 bridgehead atoms. The molecule has 0 saturated heterocycles. The molecule has 164 valence electrons. The van der Waals surface area contributed by atoms with Crippen LogP contribution in [0.3, 0.4) is 0 Å². The Morgan fingerprint density at radius 3 is 1.56 bits per heavy atom. The van der Waals surface area contributed by atoms with Crippen LogP contribution in [0.25, 0.3) is 6.08 Å². The first-order valence-corrected chi connectivity index (χ1v) is 11.3. The average molecular weight is 441 g/mol. The lowest BCUT2D eigenvalue weighted by atomic mass is 9.77. The molecule has 5 rings (SSSR count). The normalized spacial score (nSPS) is 11.5. The van der Waals surface area contributed by atoms with Crippen molar-refractivity contribution in [1.29, 1.82) is 0 Å². The van der Waals surface area contributed by atoms with Crippen LogP contribution in [0.4, 0.5) is 0 Å². The monoisotopic (exact) mass is 440 g/mol. The minimum atomic E-state index is -0.682. The smallest absolute Gasteiger partial charge is 0.205 e. The third kappa shape index (κ3) is 4.00. The van der Waals surface area contributed by atoms with Gasteiger partial charge in [0, 0.05) is 6.20 Å². The van der Waals surface area contributed by atoms with E-state index in [-0.39, 0.29) is 5.78 Å². The molecule has 0 radical (unpaired) electrons. The van der Waals surface area contributed by atoms with Gasteiger partial charge < -0.3 is 4.57 Å². The molecule has 0 saturated carbocycles. The fourth-order valence-corrected chi connectivity index (χ4v) is 4.44. The Morgan fingerprint density at radius 2 is 1.09 bits per heavy atom. The molecule has 4 aromatic carbocycles. The van der Waals surface area contributed by atoms with Crippen LogP contribution in [0, 0.1) is 0 Å². The highest BCUT2D eigenvalue weighted by atomic mass is 16.1. The summed E-state index contributed by atoms with van der Waals surface area (Å²) in [5.41, 5.74) is 3.95. The Bertz CT molecular complexity index is 1290. The number of ketones is 1. The summed E-state index contributed by atoms with van der Waals surface area (Å²) in [5.74, 6) is -0.134. The second-order valence-corrected chi connectivity index (χ2v) is 8.08. The van der Waals surface area contributed by atoms with E-state index in [2.05, 4.69) is 45.9 Å². The molecule has 0 spiro atoms. The largest absolute Gasteiger partial charge is 0.318 e. The number of carbonyl (C=O) groups is 1. The molecule has 0 amide bonds. The molecule has 0 aliphatic carbocycles. The molecule has 3 heteroatoms. The van der Waals surface area contributed by atoms with Gasteiger partial charge >= 0.3 is 0 Å². The van der Waals surface area contributed by atoms with E-state index in [0.717, 1.165) is 22.3 Å². The first-order chi connectivity index (χ1) is 16.8. The third-order valence-corrected chi connectivity index (χ3v) is 6.02. The van der Waals surface area contributed by atoms with Gasteiger partial charge in [-0.2, -0.15) is 0 Å².